The molecule has 1 aromatic rings. The molecule has 0 aliphatic carbocycles. The third kappa shape index (κ3) is 3.23. The Bertz CT molecular complexity index is 456. The van der Waals surface area contributed by atoms with Crippen molar-refractivity contribution in [1.82, 2.24) is 5.32 Å². The first-order chi connectivity index (χ1) is 8.93. The van der Waals surface area contributed by atoms with E-state index in [0.29, 0.717) is 10.0 Å². The van der Waals surface area contributed by atoms with Gasteiger partial charge in [0.1, 0.15) is 5.75 Å². The minimum atomic E-state index is -4.42. The Hall–Kier alpha value is -0.750. The molecule has 0 saturated carbocycles. The molecule has 0 spiro atoms. The molecule has 0 radical (unpaired) electrons. The van der Waals surface area contributed by atoms with Crippen LogP contribution in [0, 0.1) is 0 Å². The van der Waals surface area contributed by atoms with E-state index in [1.807, 2.05) is 0 Å². The second kappa shape index (κ2) is 5.71. The smallest absolute Gasteiger partial charge is 0.420 e. The summed E-state index contributed by atoms with van der Waals surface area (Å²) in [5.41, 5.74) is -0.0774. The summed E-state index contributed by atoms with van der Waals surface area (Å²) in [5, 5.41) is 3.25. The van der Waals surface area contributed by atoms with Crippen LogP contribution in [0.5, 0.6) is 5.75 Å². The normalized spacial score (nSPS) is 20.4. The summed E-state index contributed by atoms with van der Waals surface area (Å²) >= 11 is 3.16. The summed E-state index contributed by atoms with van der Waals surface area (Å²) in [6.07, 6.45) is -1.46. The Balaban J connectivity index is 2.43. The van der Waals surface area contributed by atoms with E-state index in [2.05, 4.69) is 21.2 Å². The Morgan fingerprint density at radius 2 is 2.05 bits per heavy atom. The van der Waals surface area contributed by atoms with E-state index >= 15 is 0 Å². The first-order valence-electron chi connectivity index (χ1n) is 6.11. The maximum absolute atomic E-state index is 13.0. The largest absolute Gasteiger partial charge is 0.495 e. The molecular formula is C13H15BrF3NO. The van der Waals surface area contributed by atoms with Gasteiger partial charge in [0.2, 0.25) is 0 Å². The standard InChI is InChI=1S/C13H15BrF3NO/c1-19-12-9(13(15,16)17)6-8(7-10(12)14)11-4-2-3-5-18-11/h6-7,11,18H,2-5H2,1H3. The molecule has 1 aromatic carbocycles. The van der Waals surface area contributed by atoms with Crippen LogP contribution in [0.1, 0.15) is 36.4 Å². The lowest BCUT2D eigenvalue weighted by Gasteiger charge is -2.25. The minimum absolute atomic E-state index is 0.0166. The number of rotatable bonds is 2. The molecule has 106 valence electrons. The average molecular weight is 338 g/mol. The van der Waals surface area contributed by atoms with Gasteiger partial charge in [-0.2, -0.15) is 13.2 Å². The van der Waals surface area contributed by atoms with E-state index in [0.717, 1.165) is 25.8 Å². The van der Waals surface area contributed by atoms with Crippen LogP contribution in [-0.2, 0) is 6.18 Å². The predicted molar refractivity (Wildman–Crippen MR) is 70.3 cm³/mol. The highest BCUT2D eigenvalue weighted by atomic mass is 79.9. The zero-order valence-corrected chi connectivity index (χ0v) is 12.1. The summed E-state index contributed by atoms with van der Waals surface area (Å²) in [5.74, 6) is -0.160. The van der Waals surface area contributed by atoms with Gasteiger partial charge in [-0.15, -0.1) is 0 Å². The highest BCUT2D eigenvalue weighted by Crippen LogP contribution is 2.42. The number of benzene rings is 1. The summed E-state index contributed by atoms with van der Waals surface area (Å²) in [6, 6.07) is 2.88. The van der Waals surface area contributed by atoms with Crippen LogP contribution in [0.4, 0.5) is 13.2 Å². The van der Waals surface area contributed by atoms with E-state index in [4.69, 9.17) is 4.74 Å². The molecule has 1 aliphatic rings. The molecule has 1 N–H and O–H groups in total. The van der Waals surface area contributed by atoms with Crippen molar-refractivity contribution >= 4 is 15.9 Å². The van der Waals surface area contributed by atoms with Crippen molar-refractivity contribution in [3.8, 4) is 5.75 Å². The first-order valence-corrected chi connectivity index (χ1v) is 6.91. The van der Waals surface area contributed by atoms with Crippen LogP contribution >= 0.6 is 15.9 Å². The third-order valence-corrected chi connectivity index (χ3v) is 3.88. The summed E-state index contributed by atoms with van der Waals surface area (Å²) < 4.78 is 44.3. The fraction of sp³-hybridized carbons (Fsp3) is 0.538. The maximum atomic E-state index is 13.0. The molecule has 1 saturated heterocycles. The van der Waals surface area contributed by atoms with Crippen molar-refractivity contribution in [2.24, 2.45) is 0 Å². The van der Waals surface area contributed by atoms with Crippen molar-refractivity contribution in [2.75, 3.05) is 13.7 Å². The molecule has 2 rings (SSSR count). The lowest BCUT2D eigenvalue weighted by atomic mass is 9.95. The zero-order valence-electron chi connectivity index (χ0n) is 10.5. The second-order valence-electron chi connectivity index (χ2n) is 4.58. The summed E-state index contributed by atoms with van der Waals surface area (Å²) in [7, 11) is 1.24. The van der Waals surface area contributed by atoms with Crippen LogP contribution in [-0.4, -0.2) is 13.7 Å². The molecule has 1 aliphatic heterocycles. The Labute approximate surface area is 118 Å². The van der Waals surface area contributed by atoms with Crippen molar-refractivity contribution in [3.63, 3.8) is 0 Å². The molecule has 19 heavy (non-hydrogen) atoms. The van der Waals surface area contributed by atoms with Crippen molar-refractivity contribution < 1.29 is 17.9 Å². The number of alkyl halides is 3. The van der Waals surface area contributed by atoms with Gasteiger partial charge in [0, 0.05) is 6.04 Å². The molecule has 0 bridgehead atoms. The van der Waals surface area contributed by atoms with Crippen molar-refractivity contribution in [3.05, 3.63) is 27.7 Å². The molecule has 0 amide bonds. The highest BCUT2D eigenvalue weighted by molar-refractivity contribution is 9.10. The van der Waals surface area contributed by atoms with Gasteiger partial charge in [0.05, 0.1) is 17.1 Å². The van der Waals surface area contributed by atoms with Gasteiger partial charge in [-0.1, -0.05) is 6.42 Å². The van der Waals surface area contributed by atoms with Crippen LogP contribution in [0.25, 0.3) is 0 Å². The Morgan fingerprint density at radius 3 is 2.58 bits per heavy atom. The predicted octanol–water partition coefficient (Wildman–Crippen LogP) is 4.29. The Kier molecular flexibility index (Phi) is 4.40. The quantitative estimate of drug-likeness (QED) is 0.869. The van der Waals surface area contributed by atoms with Crippen LogP contribution in [0.15, 0.2) is 16.6 Å². The monoisotopic (exact) mass is 337 g/mol. The van der Waals surface area contributed by atoms with Crippen LogP contribution < -0.4 is 10.1 Å². The molecule has 1 unspecified atom stereocenters. The maximum Gasteiger partial charge on any atom is 0.420 e. The minimum Gasteiger partial charge on any atom is -0.495 e. The molecular weight excluding hydrogens is 323 g/mol. The lowest BCUT2D eigenvalue weighted by Crippen LogP contribution is -2.27. The van der Waals surface area contributed by atoms with E-state index < -0.39 is 11.7 Å². The number of methoxy groups -OCH3 is 1. The zero-order chi connectivity index (χ0) is 14.0. The number of nitrogens with one attached hydrogen (secondary N) is 1. The molecule has 6 heteroatoms. The fourth-order valence-corrected chi connectivity index (χ4v) is 3.01. The van der Waals surface area contributed by atoms with Gasteiger partial charge in [-0.25, -0.2) is 0 Å². The van der Waals surface area contributed by atoms with Gasteiger partial charge in [0.15, 0.2) is 0 Å². The SMILES string of the molecule is COc1c(Br)cc(C2CCCCN2)cc1C(F)(F)F. The second-order valence-corrected chi connectivity index (χ2v) is 5.44. The van der Waals surface area contributed by atoms with Gasteiger partial charge < -0.3 is 10.1 Å². The molecule has 0 aromatic heterocycles. The highest BCUT2D eigenvalue weighted by Gasteiger charge is 2.36. The topological polar surface area (TPSA) is 21.3 Å². The van der Waals surface area contributed by atoms with E-state index in [9.17, 15) is 13.2 Å². The van der Waals surface area contributed by atoms with Crippen molar-refractivity contribution in [2.45, 2.75) is 31.5 Å². The fourth-order valence-electron chi connectivity index (χ4n) is 2.37. The number of halogens is 4. The van der Waals surface area contributed by atoms with Crippen LogP contribution in [0.3, 0.4) is 0 Å². The third-order valence-electron chi connectivity index (χ3n) is 3.29. The van der Waals surface area contributed by atoms with Crippen molar-refractivity contribution in [1.29, 1.82) is 0 Å². The van der Waals surface area contributed by atoms with Gasteiger partial charge in [0.25, 0.3) is 0 Å². The van der Waals surface area contributed by atoms with E-state index in [1.165, 1.54) is 13.2 Å². The summed E-state index contributed by atoms with van der Waals surface area (Å²) in [6.45, 7) is 0.843. The molecule has 1 fully saturated rings. The van der Waals surface area contributed by atoms with Crippen LogP contribution in [0.2, 0.25) is 0 Å². The van der Waals surface area contributed by atoms with Gasteiger partial charge in [-0.05, 0) is 53.0 Å². The molecule has 2 nitrogen and oxygen atoms in total. The van der Waals surface area contributed by atoms with Gasteiger partial charge in [-0.3, -0.25) is 0 Å². The Morgan fingerprint density at radius 1 is 1.32 bits per heavy atom. The molecule has 1 atom stereocenters. The lowest BCUT2D eigenvalue weighted by molar-refractivity contribution is -0.138. The molecule has 1 heterocycles. The van der Waals surface area contributed by atoms with E-state index in [-0.39, 0.29) is 11.8 Å². The number of hydrogen-bond donors (Lipinski definition) is 1. The summed E-state index contributed by atoms with van der Waals surface area (Å²) in [4.78, 5) is 0. The number of ether oxygens (including phenoxy) is 1. The average Bonchev–Trinajstić information content (AvgIpc) is 2.37. The van der Waals surface area contributed by atoms with E-state index in [1.54, 1.807) is 6.07 Å². The first kappa shape index (κ1) is 14.7. The van der Waals surface area contributed by atoms with Gasteiger partial charge >= 0.3 is 6.18 Å². The number of piperidine rings is 1. The number of hydrogen-bond acceptors (Lipinski definition) is 2.